The van der Waals surface area contributed by atoms with Gasteiger partial charge in [0, 0.05) is 9.13 Å². The Morgan fingerprint density at radius 2 is 1.96 bits per heavy atom. The van der Waals surface area contributed by atoms with E-state index < -0.39 is 12.6 Å². The lowest BCUT2D eigenvalue weighted by Crippen LogP contribution is -2.17. The molecule has 0 spiro atoms. The summed E-state index contributed by atoms with van der Waals surface area (Å²) in [5.74, 6) is -0.751. The Balaban J connectivity index is 2.12. The molecule has 0 saturated carbocycles. The van der Waals surface area contributed by atoms with Crippen LogP contribution in [-0.4, -0.2) is 36.4 Å². The number of hydrazone groups is 1. The number of ether oxygens (including phenoxy) is 2. The highest BCUT2D eigenvalue weighted by atomic mass is 127. The highest BCUT2D eigenvalue weighted by molar-refractivity contribution is 14.1. The van der Waals surface area contributed by atoms with E-state index in [0.717, 1.165) is 3.57 Å². The fourth-order valence-electron chi connectivity index (χ4n) is 2.03. The van der Waals surface area contributed by atoms with Gasteiger partial charge in [0.15, 0.2) is 18.1 Å². The maximum atomic E-state index is 12.0. The topological polar surface area (TPSA) is 97.2 Å². The summed E-state index contributed by atoms with van der Waals surface area (Å²) in [6.45, 7) is 1.69. The second-order valence-corrected chi connectivity index (χ2v) is 7.25. The van der Waals surface area contributed by atoms with Crippen LogP contribution in [0.1, 0.15) is 22.8 Å². The van der Waals surface area contributed by atoms with E-state index in [9.17, 15) is 9.59 Å². The van der Waals surface area contributed by atoms with E-state index >= 15 is 0 Å². The van der Waals surface area contributed by atoms with Gasteiger partial charge in [0.1, 0.15) is 0 Å². The Morgan fingerprint density at radius 3 is 2.59 bits per heavy atom. The van der Waals surface area contributed by atoms with E-state index in [2.05, 4.69) is 49.0 Å². The Hall–Kier alpha value is -2.14. The van der Waals surface area contributed by atoms with Crippen LogP contribution in [0.25, 0.3) is 0 Å². The molecule has 7 nitrogen and oxygen atoms in total. The molecule has 0 aliphatic carbocycles. The summed E-state index contributed by atoms with van der Waals surface area (Å²) in [6.07, 6.45) is 1.46. The number of nitrogens with one attached hydrogen (secondary N) is 1. The first-order valence-electron chi connectivity index (χ1n) is 7.80. The first kappa shape index (κ1) is 21.2. The number of carboxylic acid groups (broad SMARTS) is 1. The highest BCUT2D eigenvalue weighted by Crippen LogP contribution is 2.36. The van der Waals surface area contributed by atoms with E-state index in [1.807, 2.05) is 12.1 Å². The lowest BCUT2D eigenvalue weighted by atomic mass is 10.2. The number of hydrogen-bond acceptors (Lipinski definition) is 5. The summed E-state index contributed by atoms with van der Waals surface area (Å²) in [5, 5.41) is 12.7. The molecular weight excluding hydrogens is 531 g/mol. The van der Waals surface area contributed by atoms with Gasteiger partial charge in [0.2, 0.25) is 0 Å². The number of aliphatic carboxylic acids is 1. The molecule has 2 aromatic carbocycles. The molecule has 2 aromatic rings. The molecule has 0 aromatic heterocycles. The van der Waals surface area contributed by atoms with Crippen molar-refractivity contribution >= 4 is 56.6 Å². The van der Waals surface area contributed by atoms with E-state index in [-0.39, 0.29) is 5.91 Å². The number of halogens is 2. The fourth-order valence-corrected chi connectivity index (χ4v) is 2.96. The minimum Gasteiger partial charge on any atom is -0.490 e. The summed E-state index contributed by atoms with van der Waals surface area (Å²) < 4.78 is 12.3. The summed E-state index contributed by atoms with van der Waals surface area (Å²) in [5.41, 5.74) is 3.59. The van der Waals surface area contributed by atoms with Gasteiger partial charge >= 0.3 is 5.97 Å². The SMILES string of the molecule is CCOc1cc(/C=N\NC(=O)c2ccc(I)cc2)cc(Br)c1OCC(=O)O. The second kappa shape index (κ2) is 10.3. The lowest BCUT2D eigenvalue weighted by molar-refractivity contribution is -0.139. The molecule has 0 unspecified atom stereocenters. The first-order chi connectivity index (χ1) is 12.9. The van der Waals surface area contributed by atoms with Crippen molar-refractivity contribution in [2.75, 3.05) is 13.2 Å². The third kappa shape index (κ3) is 6.51. The van der Waals surface area contributed by atoms with Gasteiger partial charge in [-0.05, 0) is 87.4 Å². The predicted molar refractivity (Wildman–Crippen MR) is 113 cm³/mol. The van der Waals surface area contributed by atoms with Crippen LogP contribution in [0.3, 0.4) is 0 Å². The van der Waals surface area contributed by atoms with Gasteiger partial charge < -0.3 is 14.6 Å². The number of amides is 1. The third-order valence-corrected chi connectivity index (χ3v) is 4.47. The molecule has 0 saturated heterocycles. The van der Waals surface area contributed by atoms with Gasteiger partial charge in [-0.2, -0.15) is 5.10 Å². The minimum absolute atomic E-state index is 0.291. The summed E-state index contributed by atoms with van der Waals surface area (Å²) in [6, 6.07) is 10.4. The first-order valence-corrected chi connectivity index (χ1v) is 9.67. The number of rotatable bonds is 8. The van der Waals surface area contributed by atoms with Gasteiger partial charge in [-0.25, -0.2) is 10.2 Å². The van der Waals surface area contributed by atoms with Crippen molar-refractivity contribution in [2.24, 2.45) is 5.10 Å². The molecule has 0 fully saturated rings. The monoisotopic (exact) mass is 546 g/mol. The quantitative estimate of drug-likeness (QED) is 0.299. The van der Waals surface area contributed by atoms with Gasteiger partial charge in [-0.3, -0.25) is 4.79 Å². The molecule has 0 aliphatic rings. The average molecular weight is 547 g/mol. The molecule has 0 radical (unpaired) electrons. The highest BCUT2D eigenvalue weighted by Gasteiger charge is 2.13. The molecule has 0 atom stereocenters. The zero-order valence-corrected chi connectivity index (χ0v) is 18.0. The number of carbonyl (C=O) groups excluding carboxylic acids is 1. The third-order valence-electron chi connectivity index (χ3n) is 3.16. The Morgan fingerprint density at radius 1 is 1.26 bits per heavy atom. The smallest absolute Gasteiger partial charge is 0.341 e. The van der Waals surface area contributed by atoms with Gasteiger partial charge in [0.05, 0.1) is 17.3 Å². The molecular formula is C18H16BrIN2O5. The molecule has 0 heterocycles. The van der Waals surface area contributed by atoms with Crippen molar-refractivity contribution < 1.29 is 24.2 Å². The number of hydrogen-bond donors (Lipinski definition) is 2. The van der Waals surface area contributed by atoms with Gasteiger partial charge in [-0.1, -0.05) is 0 Å². The molecule has 2 rings (SSSR count). The van der Waals surface area contributed by atoms with Crippen LogP contribution in [0.5, 0.6) is 11.5 Å². The maximum Gasteiger partial charge on any atom is 0.341 e. The summed E-state index contributed by atoms with van der Waals surface area (Å²) >= 11 is 5.50. The number of benzene rings is 2. The van der Waals surface area contributed by atoms with Crippen LogP contribution in [0.2, 0.25) is 0 Å². The lowest BCUT2D eigenvalue weighted by Gasteiger charge is -2.13. The molecule has 0 bridgehead atoms. The van der Waals surface area contributed by atoms with Crippen molar-refractivity contribution in [1.82, 2.24) is 5.43 Å². The molecule has 0 aliphatic heterocycles. The summed E-state index contributed by atoms with van der Waals surface area (Å²) in [7, 11) is 0. The number of carbonyl (C=O) groups is 2. The maximum absolute atomic E-state index is 12.0. The van der Waals surface area contributed by atoms with Crippen LogP contribution in [0.15, 0.2) is 46.0 Å². The zero-order chi connectivity index (χ0) is 19.8. The summed E-state index contributed by atoms with van der Waals surface area (Å²) in [4.78, 5) is 22.8. The van der Waals surface area contributed by atoms with E-state index in [0.29, 0.717) is 33.7 Å². The molecule has 9 heteroatoms. The minimum atomic E-state index is -1.09. The average Bonchev–Trinajstić information content (AvgIpc) is 2.61. The van der Waals surface area contributed by atoms with Gasteiger partial charge in [-0.15, -0.1) is 0 Å². The van der Waals surface area contributed by atoms with Crippen LogP contribution in [-0.2, 0) is 4.79 Å². The number of carboxylic acids is 1. The Labute approximate surface area is 178 Å². The Kier molecular flexibility index (Phi) is 8.04. The van der Waals surface area contributed by atoms with Crippen LogP contribution in [0.4, 0.5) is 0 Å². The predicted octanol–water partition coefficient (Wildman–Crippen LogP) is 3.68. The molecule has 1 amide bonds. The molecule has 142 valence electrons. The van der Waals surface area contributed by atoms with Crippen molar-refractivity contribution in [3.05, 3.63) is 55.6 Å². The van der Waals surface area contributed by atoms with Crippen molar-refractivity contribution in [3.63, 3.8) is 0 Å². The number of nitrogens with zero attached hydrogens (tertiary/aromatic N) is 1. The Bertz CT molecular complexity index is 856. The second-order valence-electron chi connectivity index (χ2n) is 5.15. The largest absolute Gasteiger partial charge is 0.490 e. The normalized spacial score (nSPS) is 10.6. The standard InChI is InChI=1S/C18H16BrIN2O5/c1-2-26-15-8-11(7-14(19)17(15)27-10-16(23)24)9-21-22-18(25)12-3-5-13(20)6-4-12/h3-9H,2,10H2,1H3,(H,22,25)(H,23,24)/b21-9-. The van der Waals surface area contributed by atoms with Crippen LogP contribution >= 0.6 is 38.5 Å². The van der Waals surface area contributed by atoms with Crippen molar-refractivity contribution in [2.45, 2.75) is 6.92 Å². The van der Waals surface area contributed by atoms with E-state index in [1.165, 1.54) is 6.21 Å². The van der Waals surface area contributed by atoms with Crippen molar-refractivity contribution in [3.8, 4) is 11.5 Å². The fraction of sp³-hybridized carbons (Fsp3) is 0.167. The van der Waals surface area contributed by atoms with Crippen LogP contribution < -0.4 is 14.9 Å². The zero-order valence-electron chi connectivity index (χ0n) is 14.2. The van der Waals surface area contributed by atoms with Crippen LogP contribution in [0, 0.1) is 3.57 Å². The van der Waals surface area contributed by atoms with Gasteiger partial charge in [0.25, 0.3) is 5.91 Å². The van der Waals surface area contributed by atoms with E-state index in [1.54, 1.807) is 31.2 Å². The molecule has 2 N–H and O–H groups in total. The van der Waals surface area contributed by atoms with E-state index in [4.69, 9.17) is 14.6 Å². The molecule has 27 heavy (non-hydrogen) atoms. The van der Waals surface area contributed by atoms with Crippen molar-refractivity contribution in [1.29, 1.82) is 0 Å².